The molecule has 0 saturated heterocycles. The first-order valence-corrected chi connectivity index (χ1v) is 7.58. The van der Waals surface area contributed by atoms with E-state index in [9.17, 15) is 4.79 Å². The minimum absolute atomic E-state index is 0.0224. The van der Waals surface area contributed by atoms with Crippen LogP contribution >= 0.6 is 0 Å². The zero-order valence-electron chi connectivity index (χ0n) is 13.2. The van der Waals surface area contributed by atoms with Gasteiger partial charge in [-0.3, -0.25) is 4.79 Å². The first-order chi connectivity index (χ1) is 11.1. The first-order valence-electron chi connectivity index (χ1n) is 7.58. The summed E-state index contributed by atoms with van der Waals surface area (Å²) in [7, 11) is 0. The third-order valence-corrected chi connectivity index (χ3v) is 3.60. The molecule has 0 bridgehead atoms. The molecule has 0 saturated carbocycles. The lowest BCUT2D eigenvalue weighted by atomic mass is 10.0. The molecule has 5 nitrogen and oxygen atoms in total. The fourth-order valence-corrected chi connectivity index (χ4v) is 2.29. The highest BCUT2D eigenvalue weighted by Crippen LogP contribution is 2.18. The lowest BCUT2D eigenvalue weighted by molar-refractivity contribution is -0.118. The Morgan fingerprint density at radius 3 is 2.74 bits per heavy atom. The van der Waals surface area contributed by atoms with Crippen molar-refractivity contribution in [2.75, 3.05) is 11.9 Å². The molecule has 23 heavy (non-hydrogen) atoms. The molecule has 5 heteroatoms. The van der Waals surface area contributed by atoms with Crippen molar-refractivity contribution in [1.29, 1.82) is 0 Å². The summed E-state index contributed by atoms with van der Waals surface area (Å²) in [6, 6.07) is 13.4. The van der Waals surface area contributed by atoms with Crippen LogP contribution in [0.15, 0.2) is 54.9 Å². The van der Waals surface area contributed by atoms with Crippen molar-refractivity contribution in [2.45, 2.75) is 19.8 Å². The summed E-state index contributed by atoms with van der Waals surface area (Å²) < 4.78 is 7.26. The van der Waals surface area contributed by atoms with E-state index in [1.165, 1.54) is 5.56 Å². The minimum atomic E-state index is -0.193. The molecule has 1 amide bonds. The molecule has 0 radical (unpaired) electrons. The first kappa shape index (κ1) is 15.1. The Kier molecular flexibility index (Phi) is 4.28. The molecule has 1 aromatic carbocycles. The quantitative estimate of drug-likeness (QED) is 0.785. The maximum atomic E-state index is 12.0. The summed E-state index contributed by atoms with van der Waals surface area (Å²) >= 11 is 0. The van der Waals surface area contributed by atoms with Gasteiger partial charge in [0, 0.05) is 18.1 Å². The van der Waals surface area contributed by atoms with Crippen molar-refractivity contribution in [3.63, 3.8) is 0 Å². The number of nitrogens with one attached hydrogen (secondary N) is 1. The van der Waals surface area contributed by atoms with Crippen molar-refractivity contribution >= 4 is 17.1 Å². The zero-order chi connectivity index (χ0) is 16.2. The van der Waals surface area contributed by atoms with Crippen LogP contribution in [0.2, 0.25) is 0 Å². The number of carbonyl (C=O) groups excluding carboxylic acids is 1. The van der Waals surface area contributed by atoms with Gasteiger partial charge in [0.2, 0.25) is 0 Å². The van der Waals surface area contributed by atoms with E-state index in [1.807, 2.05) is 36.4 Å². The molecular weight excluding hydrogens is 290 g/mol. The highest BCUT2D eigenvalue weighted by atomic mass is 16.5. The van der Waals surface area contributed by atoms with Gasteiger partial charge >= 0.3 is 0 Å². The SMILES string of the molecule is CC(C)c1ccc(OCC(=O)Nc2ccn3nccc3c2)cc1. The molecule has 3 rings (SSSR count). The van der Waals surface area contributed by atoms with Crippen LogP contribution in [0.1, 0.15) is 25.3 Å². The highest BCUT2D eigenvalue weighted by molar-refractivity contribution is 5.92. The molecule has 2 aromatic heterocycles. The van der Waals surface area contributed by atoms with E-state index in [-0.39, 0.29) is 12.5 Å². The summed E-state index contributed by atoms with van der Waals surface area (Å²) in [4.78, 5) is 12.0. The largest absolute Gasteiger partial charge is 0.484 e. The molecule has 118 valence electrons. The lowest BCUT2D eigenvalue weighted by Gasteiger charge is -2.09. The van der Waals surface area contributed by atoms with Crippen LogP contribution in [0, 0.1) is 0 Å². The van der Waals surface area contributed by atoms with E-state index < -0.39 is 0 Å². The molecule has 0 atom stereocenters. The molecule has 0 aliphatic carbocycles. The Hall–Kier alpha value is -2.82. The monoisotopic (exact) mass is 309 g/mol. The van der Waals surface area contributed by atoms with Gasteiger partial charge in [-0.25, -0.2) is 4.52 Å². The number of pyridine rings is 1. The van der Waals surface area contributed by atoms with Crippen LogP contribution in [0.4, 0.5) is 5.69 Å². The van der Waals surface area contributed by atoms with Gasteiger partial charge in [0.05, 0.1) is 5.52 Å². The molecule has 0 aliphatic rings. The number of amides is 1. The number of aromatic nitrogens is 2. The third kappa shape index (κ3) is 3.69. The number of anilines is 1. The van der Waals surface area contributed by atoms with Gasteiger partial charge in [0.15, 0.2) is 6.61 Å². The Balaban J connectivity index is 1.56. The van der Waals surface area contributed by atoms with E-state index in [0.29, 0.717) is 11.7 Å². The standard InChI is InChI=1S/C18H19N3O2/c1-13(2)14-3-5-17(6-4-14)23-12-18(22)20-15-8-10-21-16(11-15)7-9-19-21/h3-11,13H,12H2,1-2H3,(H,20,22). The van der Waals surface area contributed by atoms with Gasteiger partial charge in [-0.2, -0.15) is 5.10 Å². The van der Waals surface area contributed by atoms with Gasteiger partial charge in [0.1, 0.15) is 5.75 Å². The fourth-order valence-electron chi connectivity index (χ4n) is 2.29. The maximum absolute atomic E-state index is 12.0. The minimum Gasteiger partial charge on any atom is -0.484 e. The highest BCUT2D eigenvalue weighted by Gasteiger charge is 2.05. The molecule has 0 unspecified atom stereocenters. The Morgan fingerprint density at radius 1 is 1.22 bits per heavy atom. The average molecular weight is 309 g/mol. The molecule has 0 fully saturated rings. The number of carbonyl (C=O) groups is 1. The number of nitrogens with zero attached hydrogens (tertiary/aromatic N) is 2. The summed E-state index contributed by atoms with van der Waals surface area (Å²) in [5.74, 6) is 0.975. The van der Waals surface area contributed by atoms with Gasteiger partial charge in [-0.15, -0.1) is 0 Å². The Bertz CT molecular complexity index is 807. The molecule has 3 aromatic rings. The van der Waals surface area contributed by atoms with Crippen LogP contribution in [0.25, 0.3) is 5.52 Å². The second kappa shape index (κ2) is 6.52. The normalized spacial score (nSPS) is 10.9. The van der Waals surface area contributed by atoms with E-state index in [4.69, 9.17) is 4.74 Å². The van der Waals surface area contributed by atoms with Crippen molar-refractivity contribution < 1.29 is 9.53 Å². The van der Waals surface area contributed by atoms with Crippen molar-refractivity contribution in [3.8, 4) is 5.75 Å². The Morgan fingerprint density at radius 2 is 2.00 bits per heavy atom. The second-order valence-electron chi connectivity index (χ2n) is 5.68. The number of hydrogen-bond donors (Lipinski definition) is 1. The zero-order valence-corrected chi connectivity index (χ0v) is 13.2. The number of fused-ring (bicyclic) bond motifs is 1. The van der Waals surface area contributed by atoms with E-state index >= 15 is 0 Å². The smallest absolute Gasteiger partial charge is 0.262 e. The summed E-state index contributed by atoms with van der Waals surface area (Å²) in [5, 5.41) is 6.93. The third-order valence-electron chi connectivity index (χ3n) is 3.60. The van der Waals surface area contributed by atoms with Crippen LogP contribution in [0.5, 0.6) is 5.75 Å². The van der Waals surface area contributed by atoms with E-state index in [1.54, 1.807) is 23.0 Å². The molecule has 0 aliphatic heterocycles. The van der Waals surface area contributed by atoms with Gasteiger partial charge in [-0.05, 0) is 41.8 Å². The number of hydrogen-bond acceptors (Lipinski definition) is 3. The second-order valence-corrected chi connectivity index (χ2v) is 5.68. The number of ether oxygens (including phenoxy) is 1. The molecule has 1 N–H and O–H groups in total. The number of benzene rings is 1. The predicted molar refractivity (Wildman–Crippen MR) is 89.8 cm³/mol. The lowest BCUT2D eigenvalue weighted by Crippen LogP contribution is -2.20. The summed E-state index contributed by atoms with van der Waals surface area (Å²) in [6.45, 7) is 4.26. The Labute approximate surface area is 134 Å². The van der Waals surface area contributed by atoms with Crippen molar-refractivity contribution in [1.82, 2.24) is 9.61 Å². The molecule has 0 spiro atoms. The predicted octanol–water partition coefficient (Wildman–Crippen LogP) is 3.48. The van der Waals surface area contributed by atoms with E-state index in [0.717, 1.165) is 11.2 Å². The summed E-state index contributed by atoms with van der Waals surface area (Å²) in [5.41, 5.74) is 2.89. The molecular formula is C18H19N3O2. The van der Waals surface area contributed by atoms with Crippen LogP contribution < -0.4 is 10.1 Å². The van der Waals surface area contributed by atoms with Crippen LogP contribution in [-0.4, -0.2) is 22.1 Å². The topological polar surface area (TPSA) is 55.6 Å². The van der Waals surface area contributed by atoms with Gasteiger partial charge in [0.25, 0.3) is 5.91 Å². The fraction of sp³-hybridized carbons (Fsp3) is 0.222. The van der Waals surface area contributed by atoms with Gasteiger partial charge in [-0.1, -0.05) is 26.0 Å². The summed E-state index contributed by atoms with van der Waals surface area (Å²) in [6.07, 6.45) is 3.52. The van der Waals surface area contributed by atoms with Crippen molar-refractivity contribution in [2.24, 2.45) is 0 Å². The van der Waals surface area contributed by atoms with Crippen LogP contribution in [-0.2, 0) is 4.79 Å². The van der Waals surface area contributed by atoms with Crippen molar-refractivity contribution in [3.05, 3.63) is 60.4 Å². The molecule has 2 heterocycles. The average Bonchev–Trinajstić information content (AvgIpc) is 3.01. The number of rotatable bonds is 5. The van der Waals surface area contributed by atoms with Crippen LogP contribution in [0.3, 0.4) is 0 Å². The van der Waals surface area contributed by atoms with Gasteiger partial charge < -0.3 is 10.1 Å². The maximum Gasteiger partial charge on any atom is 0.262 e. The van der Waals surface area contributed by atoms with E-state index in [2.05, 4.69) is 24.3 Å².